The van der Waals surface area contributed by atoms with Gasteiger partial charge in [-0.2, -0.15) is 5.10 Å². The summed E-state index contributed by atoms with van der Waals surface area (Å²) < 4.78 is 0. The number of hydrazone groups is 1. The van der Waals surface area contributed by atoms with E-state index in [2.05, 4.69) is 43.2 Å². The fourth-order valence-electron chi connectivity index (χ4n) is 4.32. The number of rotatable bonds is 5. The van der Waals surface area contributed by atoms with Crippen molar-refractivity contribution in [3.63, 3.8) is 0 Å². The van der Waals surface area contributed by atoms with Gasteiger partial charge in [0.25, 0.3) is 5.91 Å². The molecule has 0 spiro atoms. The summed E-state index contributed by atoms with van der Waals surface area (Å²) in [6.45, 7) is 5.15. The topological polar surface area (TPSA) is 76.4 Å². The van der Waals surface area contributed by atoms with Gasteiger partial charge in [0.05, 0.1) is 12.3 Å². The molecule has 30 heavy (non-hydrogen) atoms. The smallest absolute Gasteiger partial charge is 0.275 e. The van der Waals surface area contributed by atoms with Crippen LogP contribution in [-0.4, -0.2) is 57.5 Å². The number of fused-ring (bicyclic) bond motifs is 1. The minimum Gasteiger partial charge on any atom is -0.507 e. The molecule has 0 saturated carbocycles. The van der Waals surface area contributed by atoms with Crippen LogP contribution in [0.1, 0.15) is 30.9 Å². The number of aliphatic hydroxyl groups excluding tert-OH is 2. The summed E-state index contributed by atoms with van der Waals surface area (Å²) in [6, 6.07) is 20.0. The lowest BCUT2D eigenvalue weighted by molar-refractivity contribution is -0.135. The molecule has 1 amide bonds. The third-order valence-corrected chi connectivity index (χ3v) is 5.58. The minimum absolute atomic E-state index is 0.0683. The summed E-state index contributed by atoms with van der Waals surface area (Å²) in [6.07, 6.45) is 0.0105. The van der Waals surface area contributed by atoms with Crippen LogP contribution in [0.3, 0.4) is 0 Å². The average molecular weight is 405 g/mol. The van der Waals surface area contributed by atoms with E-state index in [-0.39, 0.29) is 35.2 Å². The van der Waals surface area contributed by atoms with Crippen molar-refractivity contribution < 1.29 is 15.0 Å². The number of nitrogens with zero attached hydrogens (tertiary/aromatic N) is 3. The fourth-order valence-corrected chi connectivity index (χ4v) is 4.32. The van der Waals surface area contributed by atoms with Crippen LogP contribution in [0.4, 0.5) is 0 Å². The van der Waals surface area contributed by atoms with Gasteiger partial charge in [-0.1, -0.05) is 74.5 Å². The highest BCUT2D eigenvalue weighted by atomic mass is 16.3. The largest absolute Gasteiger partial charge is 0.507 e. The SMILES string of the molecule is CC(C)CN1CC(C(c2ccccc2)c2ccccc2)N2N=CC(O)C(O)=C2C1=O. The van der Waals surface area contributed by atoms with Gasteiger partial charge in [-0.3, -0.25) is 9.80 Å². The van der Waals surface area contributed by atoms with Crippen LogP contribution in [0.2, 0.25) is 0 Å². The van der Waals surface area contributed by atoms with E-state index in [0.717, 1.165) is 11.1 Å². The zero-order valence-electron chi connectivity index (χ0n) is 17.2. The van der Waals surface area contributed by atoms with Crippen molar-refractivity contribution in [3.05, 3.63) is 83.2 Å². The molecule has 0 radical (unpaired) electrons. The molecule has 6 heteroatoms. The van der Waals surface area contributed by atoms with Gasteiger partial charge in [-0.05, 0) is 17.0 Å². The van der Waals surface area contributed by atoms with Crippen molar-refractivity contribution in [2.45, 2.75) is 31.9 Å². The van der Waals surface area contributed by atoms with Crippen molar-refractivity contribution in [3.8, 4) is 0 Å². The molecule has 0 aromatic heterocycles. The molecule has 6 nitrogen and oxygen atoms in total. The lowest BCUT2D eigenvalue weighted by Crippen LogP contribution is -2.57. The number of piperazine rings is 1. The van der Waals surface area contributed by atoms with E-state index in [1.807, 2.05) is 36.4 Å². The van der Waals surface area contributed by atoms with Crippen molar-refractivity contribution in [1.82, 2.24) is 9.91 Å². The Balaban J connectivity index is 1.84. The predicted octanol–water partition coefficient (Wildman–Crippen LogP) is 3.12. The molecule has 2 aliphatic heterocycles. The van der Waals surface area contributed by atoms with Crippen molar-refractivity contribution in [1.29, 1.82) is 0 Å². The molecule has 2 aromatic carbocycles. The van der Waals surface area contributed by atoms with Gasteiger partial charge in [0.2, 0.25) is 0 Å². The Hall–Kier alpha value is -3.12. The highest BCUT2D eigenvalue weighted by molar-refractivity contribution is 5.96. The number of carbonyl (C=O) groups is 1. The maximum Gasteiger partial charge on any atom is 0.275 e. The van der Waals surface area contributed by atoms with Crippen molar-refractivity contribution >= 4 is 12.1 Å². The molecule has 0 aliphatic carbocycles. The Morgan fingerprint density at radius 2 is 1.60 bits per heavy atom. The number of aliphatic hydroxyl groups is 2. The monoisotopic (exact) mass is 405 g/mol. The molecule has 156 valence electrons. The van der Waals surface area contributed by atoms with Gasteiger partial charge < -0.3 is 15.1 Å². The summed E-state index contributed by atoms with van der Waals surface area (Å²) in [4.78, 5) is 14.9. The molecule has 2 aliphatic rings. The lowest BCUT2D eigenvalue weighted by atomic mass is 9.83. The zero-order chi connectivity index (χ0) is 21.3. The van der Waals surface area contributed by atoms with E-state index in [9.17, 15) is 15.0 Å². The summed E-state index contributed by atoms with van der Waals surface area (Å²) in [7, 11) is 0. The first kappa shape index (κ1) is 20.2. The maximum absolute atomic E-state index is 13.2. The third-order valence-electron chi connectivity index (χ3n) is 5.58. The second-order valence-electron chi connectivity index (χ2n) is 8.26. The highest BCUT2D eigenvalue weighted by Gasteiger charge is 2.45. The molecule has 2 aromatic rings. The third kappa shape index (κ3) is 3.71. The number of amides is 1. The average Bonchev–Trinajstić information content (AvgIpc) is 2.75. The molecule has 2 N–H and O–H groups in total. The van der Waals surface area contributed by atoms with Gasteiger partial charge in [0.15, 0.2) is 11.5 Å². The van der Waals surface area contributed by atoms with E-state index < -0.39 is 6.10 Å². The van der Waals surface area contributed by atoms with E-state index in [1.54, 1.807) is 9.91 Å². The number of carbonyl (C=O) groups excluding carboxylic acids is 1. The first-order valence-electron chi connectivity index (χ1n) is 10.3. The van der Waals surface area contributed by atoms with Crippen molar-refractivity contribution in [2.24, 2.45) is 11.0 Å². The summed E-state index contributed by atoms with van der Waals surface area (Å²) in [5, 5.41) is 26.7. The number of hydrogen-bond acceptors (Lipinski definition) is 5. The second-order valence-corrected chi connectivity index (χ2v) is 8.26. The van der Waals surface area contributed by atoms with E-state index in [4.69, 9.17) is 0 Å². The first-order valence-corrected chi connectivity index (χ1v) is 10.3. The molecule has 1 saturated heterocycles. The number of benzene rings is 2. The van der Waals surface area contributed by atoms with Gasteiger partial charge >= 0.3 is 0 Å². The van der Waals surface area contributed by atoms with E-state index in [1.165, 1.54) is 6.21 Å². The summed E-state index contributed by atoms with van der Waals surface area (Å²) >= 11 is 0. The van der Waals surface area contributed by atoms with Crippen LogP contribution in [0.25, 0.3) is 0 Å². The van der Waals surface area contributed by atoms with Gasteiger partial charge in [-0.25, -0.2) is 0 Å². The molecule has 2 unspecified atom stereocenters. The summed E-state index contributed by atoms with van der Waals surface area (Å²) in [5.41, 5.74) is 2.28. The second kappa shape index (κ2) is 8.32. The van der Waals surface area contributed by atoms with Crippen LogP contribution < -0.4 is 0 Å². The van der Waals surface area contributed by atoms with Crippen LogP contribution in [0.5, 0.6) is 0 Å². The normalized spacial score (nSPS) is 21.6. The minimum atomic E-state index is -1.27. The Kier molecular flexibility index (Phi) is 5.59. The fraction of sp³-hybridized carbons (Fsp3) is 0.333. The Morgan fingerprint density at radius 1 is 1.03 bits per heavy atom. The highest BCUT2D eigenvalue weighted by Crippen LogP contribution is 2.38. The Labute approximate surface area is 176 Å². The van der Waals surface area contributed by atoms with Crippen LogP contribution in [0, 0.1) is 5.92 Å². The molecular formula is C24H27N3O3. The molecule has 2 heterocycles. The molecular weight excluding hydrogens is 378 g/mol. The molecule has 0 bridgehead atoms. The predicted molar refractivity (Wildman–Crippen MR) is 116 cm³/mol. The first-order chi connectivity index (χ1) is 14.5. The van der Waals surface area contributed by atoms with Crippen molar-refractivity contribution in [2.75, 3.05) is 13.1 Å². The van der Waals surface area contributed by atoms with Gasteiger partial charge in [0, 0.05) is 19.0 Å². The Bertz CT molecular complexity index is 917. The Morgan fingerprint density at radius 3 is 2.13 bits per heavy atom. The van der Waals surface area contributed by atoms with Crippen LogP contribution in [0.15, 0.2) is 77.2 Å². The molecule has 2 atom stereocenters. The summed E-state index contributed by atoms with van der Waals surface area (Å²) in [5.74, 6) is -0.445. The lowest BCUT2D eigenvalue weighted by Gasteiger charge is -2.46. The molecule has 1 fully saturated rings. The maximum atomic E-state index is 13.2. The van der Waals surface area contributed by atoms with Gasteiger partial charge in [0.1, 0.15) is 6.10 Å². The number of hydrogen-bond donors (Lipinski definition) is 2. The van der Waals surface area contributed by atoms with E-state index in [0.29, 0.717) is 13.1 Å². The standard InChI is InChI=1S/C24H27N3O3/c1-16(2)14-26-15-19(27-22(24(26)30)23(29)20(28)13-25-27)21(17-9-5-3-6-10-17)18-11-7-4-8-12-18/h3-13,16,19-21,28-29H,14-15H2,1-2H3. The zero-order valence-corrected chi connectivity index (χ0v) is 17.2. The molecule has 4 rings (SSSR count). The van der Waals surface area contributed by atoms with Gasteiger partial charge in [-0.15, -0.1) is 0 Å². The van der Waals surface area contributed by atoms with Crippen LogP contribution >= 0.6 is 0 Å². The quantitative estimate of drug-likeness (QED) is 0.801. The van der Waals surface area contributed by atoms with Crippen LogP contribution in [-0.2, 0) is 4.79 Å². The van der Waals surface area contributed by atoms with E-state index >= 15 is 0 Å².